The van der Waals surface area contributed by atoms with Crippen LogP contribution in [0.5, 0.6) is 0 Å². The smallest absolute Gasteiger partial charge is 0.339 e. The summed E-state index contributed by atoms with van der Waals surface area (Å²) in [5.41, 5.74) is 1.28. The summed E-state index contributed by atoms with van der Waals surface area (Å²) in [6, 6.07) is 12.6. The number of carbonyl (C=O) groups excluding carboxylic acids is 1. The fourth-order valence-corrected chi connectivity index (χ4v) is 3.38. The summed E-state index contributed by atoms with van der Waals surface area (Å²) >= 11 is 3.22. The van der Waals surface area contributed by atoms with E-state index in [1.54, 1.807) is 24.3 Å². The van der Waals surface area contributed by atoms with E-state index >= 15 is 0 Å². The van der Waals surface area contributed by atoms with Gasteiger partial charge in [-0.1, -0.05) is 16.6 Å². The SMILES string of the molecule is CON(C)S(=O)(=O)c1ccc(Br)c(C(=O)OCc2ccc(C#N)cc2)c1. The number of carbonyl (C=O) groups is 1. The summed E-state index contributed by atoms with van der Waals surface area (Å²) < 4.78 is 30.9. The average Bonchev–Trinajstić information content (AvgIpc) is 2.65. The first-order valence-corrected chi connectivity index (χ1v) is 9.51. The normalized spacial score (nSPS) is 11.2. The lowest BCUT2D eigenvalue weighted by Gasteiger charge is -2.15. The zero-order valence-electron chi connectivity index (χ0n) is 14.0. The van der Waals surface area contributed by atoms with Gasteiger partial charge < -0.3 is 4.74 Å². The predicted molar refractivity (Wildman–Crippen MR) is 96.4 cm³/mol. The first kappa shape index (κ1) is 20.1. The van der Waals surface area contributed by atoms with Gasteiger partial charge in [-0.15, -0.1) is 0 Å². The Labute approximate surface area is 159 Å². The van der Waals surface area contributed by atoms with E-state index in [1.165, 1.54) is 32.4 Å². The van der Waals surface area contributed by atoms with Crippen LogP contribution in [0.1, 0.15) is 21.5 Å². The van der Waals surface area contributed by atoms with Gasteiger partial charge in [0, 0.05) is 11.5 Å². The van der Waals surface area contributed by atoms with Crippen LogP contribution in [0.4, 0.5) is 0 Å². The molecule has 0 saturated heterocycles. The first-order valence-electron chi connectivity index (χ1n) is 7.28. The molecule has 0 aliphatic carbocycles. The second-order valence-electron chi connectivity index (χ2n) is 5.12. The summed E-state index contributed by atoms with van der Waals surface area (Å²) in [6.45, 7) is -0.00800. The van der Waals surface area contributed by atoms with Crippen LogP contribution in [-0.4, -0.2) is 33.0 Å². The lowest BCUT2D eigenvalue weighted by molar-refractivity contribution is -0.0258. The van der Waals surface area contributed by atoms with Gasteiger partial charge in [-0.3, -0.25) is 4.84 Å². The van der Waals surface area contributed by atoms with Crippen LogP contribution < -0.4 is 0 Å². The molecule has 0 radical (unpaired) electrons. The molecule has 0 bridgehead atoms. The third-order valence-corrected chi connectivity index (χ3v) is 5.87. The van der Waals surface area contributed by atoms with Crippen molar-refractivity contribution < 1.29 is 22.8 Å². The van der Waals surface area contributed by atoms with Crippen LogP contribution >= 0.6 is 15.9 Å². The second-order valence-corrected chi connectivity index (χ2v) is 7.91. The van der Waals surface area contributed by atoms with E-state index in [2.05, 4.69) is 15.9 Å². The highest BCUT2D eigenvalue weighted by atomic mass is 79.9. The fourth-order valence-electron chi connectivity index (χ4n) is 1.97. The van der Waals surface area contributed by atoms with Crippen LogP contribution in [-0.2, 0) is 26.2 Å². The number of sulfonamides is 1. The molecule has 2 aromatic rings. The summed E-state index contributed by atoms with van der Waals surface area (Å²) in [5, 5.41) is 8.77. The average molecular weight is 439 g/mol. The molecule has 26 heavy (non-hydrogen) atoms. The van der Waals surface area contributed by atoms with E-state index < -0.39 is 16.0 Å². The van der Waals surface area contributed by atoms with Crippen molar-refractivity contribution in [1.82, 2.24) is 4.47 Å². The maximum atomic E-state index is 12.3. The van der Waals surface area contributed by atoms with Crippen LogP contribution in [0, 0.1) is 11.3 Å². The van der Waals surface area contributed by atoms with Gasteiger partial charge in [0.25, 0.3) is 10.0 Å². The van der Waals surface area contributed by atoms with E-state index in [9.17, 15) is 13.2 Å². The highest BCUT2D eigenvalue weighted by Crippen LogP contribution is 2.24. The molecule has 136 valence electrons. The Morgan fingerprint density at radius 1 is 1.23 bits per heavy atom. The molecule has 0 aliphatic rings. The number of nitrogens with zero attached hydrogens (tertiary/aromatic N) is 2. The van der Waals surface area contributed by atoms with Crippen molar-refractivity contribution in [2.75, 3.05) is 14.2 Å². The van der Waals surface area contributed by atoms with Crippen molar-refractivity contribution >= 4 is 31.9 Å². The van der Waals surface area contributed by atoms with Crippen molar-refractivity contribution in [3.8, 4) is 6.07 Å². The monoisotopic (exact) mass is 438 g/mol. The van der Waals surface area contributed by atoms with Crippen LogP contribution in [0.3, 0.4) is 0 Å². The largest absolute Gasteiger partial charge is 0.457 e. The van der Waals surface area contributed by atoms with Crippen LogP contribution in [0.15, 0.2) is 51.8 Å². The molecule has 0 atom stereocenters. The van der Waals surface area contributed by atoms with Crippen LogP contribution in [0.2, 0.25) is 0 Å². The molecule has 0 spiro atoms. The molecule has 2 aromatic carbocycles. The molecule has 0 amide bonds. The Balaban J connectivity index is 2.20. The van der Waals surface area contributed by atoms with Gasteiger partial charge in [-0.2, -0.15) is 5.26 Å². The van der Waals surface area contributed by atoms with Gasteiger partial charge in [-0.05, 0) is 51.8 Å². The van der Waals surface area contributed by atoms with Gasteiger partial charge in [-0.25, -0.2) is 13.2 Å². The second kappa shape index (κ2) is 8.42. The molecule has 0 unspecified atom stereocenters. The minimum atomic E-state index is -3.88. The standard InChI is InChI=1S/C17H15BrN2O5S/c1-20(24-2)26(22,23)14-7-8-16(18)15(9-14)17(21)25-11-13-5-3-12(10-19)4-6-13/h3-9H,11H2,1-2H3. The molecule has 0 saturated carbocycles. The Kier molecular flexibility index (Phi) is 6.50. The highest BCUT2D eigenvalue weighted by molar-refractivity contribution is 9.10. The van der Waals surface area contributed by atoms with Crippen molar-refractivity contribution in [3.05, 3.63) is 63.6 Å². The minimum absolute atomic E-state index is 0.00800. The zero-order valence-corrected chi connectivity index (χ0v) is 16.4. The molecule has 0 heterocycles. The molecule has 9 heteroatoms. The third kappa shape index (κ3) is 4.47. The maximum absolute atomic E-state index is 12.3. The number of ether oxygens (including phenoxy) is 1. The van der Waals surface area contributed by atoms with Crippen molar-refractivity contribution in [3.63, 3.8) is 0 Å². The molecule has 2 rings (SSSR count). The molecule has 0 N–H and O–H groups in total. The summed E-state index contributed by atoms with van der Waals surface area (Å²) in [6.07, 6.45) is 0. The minimum Gasteiger partial charge on any atom is -0.457 e. The number of hydroxylamine groups is 1. The van der Waals surface area contributed by atoms with Crippen molar-refractivity contribution in [2.24, 2.45) is 0 Å². The number of hydrogen-bond acceptors (Lipinski definition) is 6. The van der Waals surface area contributed by atoms with Crippen molar-refractivity contribution in [2.45, 2.75) is 11.5 Å². The first-order chi connectivity index (χ1) is 12.3. The summed E-state index contributed by atoms with van der Waals surface area (Å²) in [4.78, 5) is 17.0. The van der Waals surface area contributed by atoms with E-state index in [4.69, 9.17) is 14.8 Å². The Morgan fingerprint density at radius 2 is 1.88 bits per heavy atom. The Hall–Kier alpha value is -2.25. The molecule has 0 aliphatic heterocycles. The molecule has 0 aromatic heterocycles. The molecular formula is C17H15BrN2O5S. The quantitative estimate of drug-likeness (QED) is 0.507. The number of rotatable bonds is 6. The number of benzene rings is 2. The molecular weight excluding hydrogens is 424 g/mol. The lowest BCUT2D eigenvalue weighted by Crippen LogP contribution is -2.26. The fraction of sp³-hybridized carbons (Fsp3) is 0.176. The van der Waals surface area contributed by atoms with E-state index in [-0.39, 0.29) is 17.1 Å². The van der Waals surface area contributed by atoms with E-state index in [0.29, 0.717) is 20.1 Å². The van der Waals surface area contributed by atoms with E-state index in [1.807, 2.05) is 6.07 Å². The Morgan fingerprint density at radius 3 is 2.46 bits per heavy atom. The zero-order chi connectivity index (χ0) is 19.3. The van der Waals surface area contributed by atoms with Gasteiger partial charge >= 0.3 is 5.97 Å². The summed E-state index contributed by atoms with van der Waals surface area (Å²) in [7, 11) is -1.41. The number of halogens is 1. The molecule has 0 fully saturated rings. The lowest BCUT2D eigenvalue weighted by atomic mass is 10.1. The number of esters is 1. The molecule has 7 nitrogen and oxygen atoms in total. The van der Waals surface area contributed by atoms with Gasteiger partial charge in [0.2, 0.25) is 0 Å². The third-order valence-electron chi connectivity index (χ3n) is 3.50. The number of nitriles is 1. The van der Waals surface area contributed by atoms with Gasteiger partial charge in [0.15, 0.2) is 0 Å². The van der Waals surface area contributed by atoms with Gasteiger partial charge in [0.1, 0.15) is 6.61 Å². The highest BCUT2D eigenvalue weighted by Gasteiger charge is 2.23. The Bertz CT molecular complexity index is 952. The summed E-state index contributed by atoms with van der Waals surface area (Å²) in [5.74, 6) is -0.682. The van der Waals surface area contributed by atoms with Crippen LogP contribution in [0.25, 0.3) is 0 Å². The number of hydrogen-bond donors (Lipinski definition) is 0. The van der Waals surface area contributed by atoms with Gasteiger partial charge in [0.05, 0.1) is 29.2 Å². The predicted octanol–water partition coefficient (Wildman–Crippen LogP) is 2.86. The van der Waals surface area contributed by atoms with E-state index in [0.717, 1.165) is 0 Å². The maximum Gasteiger partial charge on any atom is 0.339 e. The van der Waals surface area contributed by atoms with Crippen molar-refractivity contribution in [1.29, 1.82) is 5.26 Å². The topological polar surface area (TPSA) is 96.7 Å².